The standard InChI is InChI=1S/C20H24ClN3OS.2ClH/c1-13-10-26-11-16(13)15-8-14(21)9-18-20(15)24(12-23-18)7-3-4-17-19(25)5-2-6-22-17;;/h8-12,17,19,22,25H,2-7H2,1H3;2*1H. The van der Waals surface area contributed by atoms with Crippen molar-refractivity contribution in [2.45, 2.75) is 51.3 Å². The highest BCUT2D eigenvalue weighted by atomic mass is 35.5. The molecule has 1 aromatic carbocycles. The lowest BCUT2D eigenvalue weighted by Crippen LogP contribution is -2.44. The first-order chi connectivity index (χ1) is 12.6. The molecule has 0 bridgehead atoms. The highest BCUT2D eigenvalue weighted by molar-refractivity contribution is 7.08. The van der Waals surface area contributed by atoms with Crippen LogP contribution >= 0.6 is 47.8 Å². The number of rotatable bonds is 5. The van der Waals surface area contributed by atoms with E-state index >= 15 is 0 Å². The summed E-state index contributed by atoms with van der Waals surface area (Å²) in [6, 6.07) is 4.20. The topological polar surface area (TPSA) is 50.1 Å². The number of aliphatic hydroxyl groups is 1. The van der Waals surface area contributed by atoms with Crippen LogP contribution in [0.1, 0.15) is 31.2 Å². The number of thiophene rings is 1. The summed E-state index contributed by atoms with van der Waals surface area (Å²) < 4.78 is 2.23. The minimum atomic E-state index is -0.217. The number of hydrogen-bond donors (Lipinski definition) is 2. The molecule has 2 N–H and O–H groups in total. The summed E-state index contributed by atoms with van der Waals surface area (Å²) in [5.74, 6) is 0. The molecular formula is C20H26Cl3N3OS. The summed E-state index contributed by atoms with van der Waals surface area (Å²) in [6.45, 7) is 4.03. The maximum Gasteiger partial charge on any atom is 0.0958 e. The van der Waals surface area contributed by atoms with Crippen LogP contribution in [0.2, 0.25) is 5.02 Å². The first kappa shape index (κ1) is 23.5. The molecule has 1 aliphatic rings. The summed E-state index contributed by atoms with van der Waals surface area (Å²) in [5.41, 5.74) is 5.73. The normalized spacial score (nSPS) is 19.2. The number of imidazole rings is 1. The molecule has 1 aliphatic heterocycles. The maximum atomic E-state index is 10.1. The molecule has 28 heavy (non-hydrogen) atoms. The van der Waals surface area contributed by atoms with Crippen molar-refractivity contribution in [1.82, 2.24) is 14.9 Å². The van der Waals surface area contributed by atoms with E-state index < -0.39 is 0 Å². The monoisotopic (exact) mass is 461 g/mol. The van der Waals surface area contributed by atoms with Crippen molar-refractivity contribution in [2.75, 3.05) is 6.54 Å². The summed E-state index contributed by atoms with van der Waals surface area (Å²) >= 11 is 8.05. The molecule has 0 amide bonds. The minimum Gasteiger partial charge on any atom is -0.392 e. The molecule has 1 saturated heterocycles. The van der Waals surface area contributed by atoms with Crippen LogP contribution in [0.4, 0.5) is 0 Å². The van der Waals surface area contributed by atoms with Gasteiger partial charge in [0.2, 0.25) is 0 Å². The van der Waals surface area contributed by atoms with Crippen LogP contribution < -0.4 is 5.32 Å². The number of aryl methyl sites for hydroxylation is 2. The van der Waals surface area contributed by atoms with Gasteiger partial charge >= 0.3 is 0 Å². The number of nitrogens with zero attached hydrogens (tertiary/aromatic N) is 2. The minimum absolute atomic E-state index is 0. The largest absolute Gasteiger partial charge is 0.392 e. The maximum absolute atomic E-state index is 10.1. The number of fused-ring (bicyclic) bond motifs is 1. The second kappa shape index (κ2) is 10.3. The number of aliphatic hydroxyl groups excluding tert-OH is 1. The molecule has 0 aliphatic carbocycles. The molecule has 4 rings (SSSR count). The van der Waals surface area contributed by atoms with Crippen LogP contribution in [-0.4, -0.2) is 33.3 Å². The average Bonchev–Trinajstić information content (AvgIpc) is 3.22. The molecule has 2 atom stereocenters. The van der Waals surface area contributed by atoms with Gasteiger partial charge in [0, 0.05) is 23.2 Å². The molecule has 2 aromatic heterocycles. The predicted molar refractivity (Wildman–Crippen MR) is 124 cm³/mol. The van der Waals surface area contributed by atoms with E-state index in [2.05, 4.69) is 32.6 Å². The molecular weight excluding hydrogens is 437 g/mol. The average molecular weight is 463 g/mol. The molecule has 3 aromatic rings. The Balaban J connectivity index is 0.00000140. The Morgan fingerprint density at radius 2 is 2.11 bits per heavy atom. The third-order valence-corrected chi connectivity index (χ3v) is 6.37. The fourth-order valence-corrected chi connectivity index (χ4v) is 4.96. The third-order valence-electron chi connectivity index (χ3n) is 5.29. The molecule has 8 heteroatoms. The molecule has 0 spiro atoms. The van der Waals surface area contributed by atoms with Gasteiger partial charge in [-0.05, 0) is 73.2 Å². The Labute approximate surface area is 187 Å². The number of aromatic nitrogens is 2. The van der Waals surface area contributed by atoms with Crippen molar-refractivity contribution >= 4 is 58.8 Å². The van der Waals surface area contributed by atoms with Gasteiger partial charge in [0.1, 0.15) is 0 Å². The van der Waals surface area contributed by atoms with Gasteiger partial charge in [0.25, 0.3) is 0 Å². The third kappa shape index (κ3) is 4.84. The molecule has 2 unspecified atom stereocenters. The molecule has 0 saturated carbocycles. The van der Waals surface area contributed by atoms with Crippen LogP contribution in [0.3, 0.4) is 0 Å². The van der Waals surface area contributed by atoms with Crippen molar-refractivity contribution < 1.29 is 5.11 Å². The zero-order valence-electron chi connectivity index (χ0n) is 15.7. The summed E-state index contributed by atoms with van der Waals surface area (Å²) in [5, 5.41) is 18.6. The van der Waals surface area contributed by atoms with E-state index in [1.54, 1.807) is 11.3 Å². The van der Waals surface area contributed by atoms with Crippen molar-refractivity contribution in [3.63, 3.8) is 0 Å². The number of benzene rings is 1. The van der Waals surface area contributed by atoms with E-state index in [1.165, 1.54) is 11.1 Å². The van der Waals surface area contributed by atoms with Gasteiger partial charge in [-0.2, -0.15) is 11.3 Å². The van der Waals surface area contributed by atoms with E-state index in [1.807, 2.05) is 18.5 Å². The van der Waals surface area contributed by atoms with E-state index in [9.17, 15) is 5.11 Å². The van der Waals surface area contributed by atoms with Gasteiger partial charge in [-0.15, -0.1) is 24.8 Å². The second-order valence-corrected chi connectivity index (χ2v) is 8.32. The number of halogens is 3. The van der Waals surface area contributed by atoms with Crippen LogP contribution in [0.15, 0.2) is 29.2 Å². The number of hydrogen-bond acceptors (Lipinski definition) is 4. The van der Waals surface area contributed by atoms with Gasteiger partial charge < -0.3 is 15.0 Å². The van der Waals surface area contributed by atoms with Crippen LogP contribution in [0.5, 0.6) is 0 Å². The summed E-state index contributed by atoms with van der Waals surface area (Å²) in [7, 11) is 0. The van der Waals surface area contributed by atoms with Crippen LogP contribution in [0, 0.1) is 6.92 Å². The van der Waals surface area contributed by atoms with E-state index in [0.29, 0.717) is 0 Å². The predicted octanol–water partition coefficient (Wildman–Crippen LogP) is 5.46. The molecule has 154 valence electrons. The number of nitrogens with one attached hydrogen (secondary N) is 1. The first-order valence-corrected chi connectivity index (χ1v) is 10.5. The van der Waals surface area contributed by atoms with Crippen LogP contribution in [0.25, 0.3) is 22.2 Å². The summed E-state index contributed by atoms with van der Waals surface area (Å²) in [6.07, 6.45) is 5.65. The Bertz CT molecular complexity index is 911. The molecule has 0 radical (unpaired) electrons. The molecule has 3 heterocycles. The number of piperidine rings is 1. The first-order valence-electron chi connectivity index (χ1n) is 9.22. The Morgan fingerprint density at radius 3 is 2.82 bits per heavy atom. The Kier molecular flexibility index (Phi) is 8.61. The quantitative estimate of drug-likeness (QED) is 0.529. The molecule has 4 nitrogen and oxygen atoms in total. The lowest BCUT2D eigenvalue weighted by Gasteiger charge is -2.29. The lowest BCUT2D eigenvalue weighted by molar-refractivity contribution is 0.0909. The Morgan fingerprint density at radius 1 is 1.29 bits per heavy atom. The van der Waals surface area contributed by atoms with Gasteiger partial charge in [0.05, 0.1) is 23.5 Å². The fourth-order valence-electron chi connectivity index (χ4n) is 3.90. The van der Waals surface area contributed by atoms with Crippen molar-refractivity contribution in [3.8, 4) is 11.1 Å². The highest BCUT2D eigenvalue weighted by Crippen LogP contribution is 2.35. The van der Waals surface area contributed by atoms with Gasteiger partial charge in [-0.3, -0.25) is 0 Å². The van der Waals surface area contributed by atoms with E-state index in [4.69, 9.17) is 11.6 Å². The van der Waals surface area contributed by atoms with Crippen molar-refractivity contribution in [3.05, 3.63) is 39.8 Å². The van der Waals surface area contributed by atoms with Crippen molar-refractivity contribution in [1.29, 1.82) is 0 Å². The zero-order chi connectivity index (χ0) is 18.1. The fraction of sp³-hybridized carbons (Fsp3) is 0.450. The highest BCUT2D eigenvalue weighted by Gasteiger charge is 2.22. The van der Waals surface area contributed by atoms with Gasteiger partial charge in [-0.25, -0.2) is 4.98 Å². The Hall–Kier alpha value is -0.820. The second-order valence-electron chi connectivity index (χ2n) is 7.14. The summed E-state index contributed by atoms with van der Waals surface area (Å²) in [4.78, 5) is 4.58. The van der Waals surface area contributed by atoms with E-state index in [0.717, 1.165) is 60.4 Å². The smallest absolute Gasteiger partial charge is 0.0958 e. The van der Waals surface area contributed by atoms with Gasteiger partial charge in [-0.1, -0.05) is 11.6 Å². The van der Waals surface area contributed by atoms with Gasteiger partial charge in [0.15, 0.2) is 0 Å². The SMILES string of the molecule is Cc1cscc1-c1cc(Cl)cc2ncn(CCCC3NCCCC3O)c12.Cl.Cl. The zero-order valence-corrected chi connectivity index (χ0v) is 18.9. The lowest BCUT2D eigenvalue weighted by atomic mass is 9.97. The van der Waals surface area contributed by atoms with E-state index in [-0.39, 0.29) is 37.0 Å². The van der Waals surface area contributed by atoms with Crippen molar-refractivity contribution in [2.24, 2.45) is 0 Å². The molecule has 1 fully saturated rings. The van der Waals surface area contributed by atoms with Crippen LogP contribution in [-0.2, 0) is 6.54 Å².